The van der Waals surface area contributed by atoms with Gasteiger partial charge < -0.3 is 10.4 Å². The molecule has 2 N–H and O–H groups in total. The van der Waals surface area contributed by atoms with Crippen LogP contribution >= 0.6 is 0 Å². The van der Waals surface area contributed by atoms with Crippen LogP contribution in [0.3, 0.4) is 0 Å². The fourth-order valence-corrected chi connectivity index (χ4v) is 9.40. The monoisotopic (exact) mass is 501 g/mol. The minimum atomic E-state index is -0.119. The molecule has 0 aromatic carbocycles. The first-order chi connectivity index (χ1) is 17.3. The third-order valence-corrected chi connectivity index (χ3v) is 11.7. The maximum Gasteiger partial charge on any atom is 0.219 e. The molecule has 0 aromatic heterocycles. The number of fused-ring (bicyclic) bond motifs is 5. The zero-order chi connectivity index (χ0) is 25.8. The minimum Gasteiger partial charge on any atom is -0.393 e. The van der Waals surface area contributed by atoms with Crippen LogP contribution in [0.25, 0.3) is 0 Å². The van der Waals surface area contributed by atoms with Gasteiger partial charge in [0.05, 0.1) is 6.10 Å². The van der Waals surface area contributed by atoms with E-state index in [9.17, 15) is 14.7 Å². The standard InChI is InChI=1S/C32H55NO3/c1-4-5-11-20-33-29(36)13-10-8-6-7-9-12-23-21-24-22-25(34)16-18-31(24,2)27-17-19-32(3)26(30(23)27)14-15-28(32)35/h23-24,26-28,30,35H,4-22H2,1-3H3,(H,33,36)/t23?,24?,26-,27+,28?,30-,31-,32-/m0/s1. The Balaban J connectivity index is 1.27. The Morgan fingerprint density at radius 1 is 0.944 bits per heavy atom. The lowest BCUT2D eigenvalue weighted by molar-refractivity contribution is -0.156. The highest BCUT2D eigenvalue weighted by Crippen LogP contribution is 2.67. The van der Waals surface area contributed by atoms with Crippen LogP contribution in [0.1, 0.15) is 136 Å². The number of nitrogens with one attached hydrogen (secondary N) is 1. The van der Waals surface area contributed by atoms with E-state index in [4.69, 9.17) is 0 Å². The molecule has 4 saturated carbocycles. The molecule has 0 heterocycles. The first-order valence-corrected chi connectivity index (χ1v) is 15.8. The van der Waals surface area contributed by atoms with Crippen molar-refractivity contribution in [3.8, 4) is 0 Å². The molecule has 4 aliphatic rings. The van der Waals surface area contributed by atoms with Crippen molar-refractivity contribution < 1.29 is 14.7 Å². The molecular weight excluding hydrogens is 446 g/mol. The number of Topliss-reactive ketones (excluding diaryl/α,β-unsaturated/α-hetero) is 1. The predicted molar refractivity (Wildman–Crippen MR) is 146 cm³/mol. The second-order valence-electron chi connectivity index (χ2n) is 13.7. The summed E-state index contributed by atoms with van der Waals surface area (Å²) in [5.74, 6) is 4.19. The van der Waals surface area contributed by atoms with Crippen molar-refractivity contribution in [1.29, 1.82) is 0 Å². The van der Waals surface area contributed by atoms with Crippen LogP contribution in [-0.2, 0) is 9.59 Å². The van der Waals surface area contributed by atoms with Crippen molar-refractivity contribution in [2.45, 2.75) is 142 Å². The highest BCUT2D eigenvalue weighted by Gasteiger charge is 2.62. The van der Waals surface area contributed by atoms with Gasteiger partial charge in [-0.3, -0.25) is 9.59 Å². The second-order valence-corrected chi connectivity index (χ2v) is 13.7. The van der Waals surface area contributed by atoms with Crippen LogP contribution in [0.2, 0.25) is 0 Å². The average Bonchev–Trinajstić information content (AvgIpc) is 3.16. The van der Waals surface area contributed by atoms with E-state index in [1.165, 1.54) is 64.2 Å². The first kappa shape index (κ1) is 28.1. The summed E-state index contributed by atoms with van der Waals surface area (Å²) in [4.78, 5) is 24.4. The average molecular weight is 502 g/mol. The van der Waals surface area contributed by atoms with Gasteiger partial charge in [0.2, 0.25) is 5.91 Å². The molecule has 3 unspecified atom stereocenters. The quantitative estimate of drug-likeness (QED) is 0.277. The second kappa shape index (κ2) is 12.3. The fourth-order valence-electron chi connectivity index (χ4n) is 9.40. The summed E-state index contributed by atoms with van der Waals surface area (Å²) in [7, 11) is 0. The molecule has 1 amide bonds. The van der Waals surface area contributed by atoms with Crippen LogP contribution in [0, 0.1) is 40.4 Å². The molecule has 0 saturated heterocycles. The third kappa shape index (κ3) is 5.89. The number of amides is 1. The van der Waals surface area contributed by atoms with Gasteiger partial charge in [0.15, 0.2) is 0 Å². The molecule has 4 fully saturated rings. The summed E-state index contributed by atoms with van der Waals surface area (Å²) in [6.07, 6.45) is 19.8. The molecule has 0 bridgehead atoms. The van der Waals surface area contributed by atoms with Gasteiger partial charge >= 0.3 is 0 Å². The molecule has 0 aromatic rings. The molecule has 4 aliphatic carbocycles. The fraction of sp³-hybridized carbons (Fsp3) is 0.938. The summed E-state index contributed by atoms with van der Waals surface area (Å²) in [6, 6.07) is 0. The molecule has 0 aliphatic heterocycles. The molecule has 8 atom stereocenters. The van der Waals surface area contributed by atoms with E-state index >= 15 is 0 Å². The molecule has 36 heavy (non-hydrogen) atoms. The Hall–Kier alpha value is -0.900. The third-order valence-electron chi connectivity index (χ3n) is 11.7. The lowest BCUT2D eigenvalue weighted by Gasteiger charge is -2.62. The Morgan fingerprint density at radius 2 is 1.69 bits per heavy atom. The minimum absolute atomic E-state index is 0.115. The molecule has 4 heteroatoms. The smallest absolute Gasteiger partial charge is 0.219 e. The van der Waals surface area contributed by atoms with Crippen LogP contribution < -0.4 is 5.32 Å². The summed E-state index contributed by atoms with van der Waals surface area (Å²) in [5, 5.41) is 14.0. The molecular formula is C32H55NO3. The highest BCUT2D eigenvalue weighted by atomic mass is 16.3. The normalized spacial score (nSPS) is 39.8. The first-order valence-electron chi connectivity index (χ1n) is 15.8. The highest BCUT2D eigenvalue weighted by molar-refractivity contribution is 5.79. The lowest BCUT2D eigenvalue weighted by Crippen LogP contribution is -2.57. The van der Waals surface area contributed by atoms with Crippen LogP contribution in [0.4, 0.5) is 0 Å². The number of hydrogen-bond acceptors (Lipinski definition) is 3. The van der Waals surface area contributed by atoms with Gasteiger partial charge in [0.1, 0.15) is 5.78 Å². The predicted octanol–water partition coefficient (Wildman–Crippen LogP) is 7.22. The van der Waals surface area contributed by atoms with Gasteiger partial charge in [-0.1, -0.05) is 65.7 Å². The SMILES string of the molecule is CCCCCNC(=O)CCCCCCCC1CC2CC(=O)CC[C@]2(C)[C@@H]2CC[C@]3(C)C(O)CC[C@H]3[C@H]12. The maximum absolute atomic E-state index is 12.4. The zero-order valence-electron chi connectivity index (χ0n) is 23.7. The van der Waals surface area contributed by atoms with E-state index in [1.54, 1.807) is 0 Å². The molecule has 4 rings (SSSR count). The number of carbonyl (C=O) groups is 2. The van der Waals surface area contributed by atoms with Gasteiger partial charge in [-0.15, -0.1) is 0 Å². The van der Waals surface area contributed by atoms with Gasteiger partial charge in [-0.2, -0.15) is 0 Å². The van der Waals surface area contributed by atoms with E-state index in [0.29, 0.717) is 29.5 Å². The van der Waals surface area contributed by atoms with Crippen LogP contribution in [0.5, 0.6) is 0 Å². The zero-order valence-corrected chi connectivity index (χ0v) is 23.7. The maximum atomic E-state index is 12.4. The van der Waals surface area contributed by atoms with E-state index in [0.717, 1.165) is 69.2 Å². The largest absolute Gasteiger partial charge is 0.393 e. The van der Waals surface area contributed by atoms with E-state index < -0.39 is 0 Å². The molecule has 0 radical (unpaired) electrons. The number of unbranched alkanes of at least 4 members (excludes halogenated alkanes) is 6. The molecule has 4 nitrogen and oxygen atoms in total. The Labute approximate surface area is 221 Å². The van der Waals surface area contributed by atoms with Gasteiger partial charge in [-0.05, 0) is 91.8 Å². The van der Waals surface area contributed by atoms with Crippen molar-refractivity contribution in [1.82, 2.24) is 5.32 Å². The number of ketones is 1. The van der Waals surface area contributed by atoms with Crippen molar-refractivity contribution in [3.63, 3.8) is 0 Å². The Kier molecular flexibility index (Phi) is 9.61. The molecule has 0 spiro atoms. The summed E-state index contributed by atoms with van der Waals surface area (Å²) >= 11 is 0. The van der Waals surface area contributed by atoms with Gasteiger partial charge in [0, 0.05) is 25.8 Å². The summed E-state index contributed by atoms with van der Waals surface area (Å²) in [6.45, 7) is 7.94. The van der Waals surface area contributed by atoms with E-state index in [1.807, 2.05) is 0 Å². The van der Waals surface area contributed by atoms with Gasteiger partial charge in [0.25, 0.3) is 0 Å². The number of rotatable bonds is 12. The summed E-state index contributed by atoms with van der Waals surface area (Å²) < 4.78 is 0. The number of aliphatic hydroxyl groups is 1. The number of aliphatic hydroxyl groups excluding tert-OH is 1. The van der Waals surface area contributed by atoms with Crippen molar-refractivity contribution >= 4 is 11.7 Å². The van der Waals surface area contributed by atoms with Gasteiger partial charge in [-0.25, -0.2) is 0 Å². The van der Waals surface area contributed by atoms with Crippen LogP contribution in [0.15, 0.2) is 0 Å². The van der Waals surface area contributed by atoms with E-state index in [2.05, 4.69) is 26.1 Å². The van der Waals surface area contributed by atoms with E-state index in [-0.39, 0.29) is 17.4 Å². The van der Waals surface area contributed by atoms with Crippen LogP contribution in [-0.4, -0.2) is 29.4 Å². The van der Waals surface area contributed by atoms with Crippen molar-refractivity contribution in [2.75, 3.05) is 6.54 Å². The number of carbonyl (C=O) groups excluding carboxylic acids is 2. The lowest BCUT2D eigenvalue weighted by atomic mass is 9.42. The van der Waals surface area contributed by atoms with Crippen molar-refractivity contribution in [3.05, 3.63) is 0 Å². The van der Waals surface area contributed by atoms with Crippen molar-refractivity contribution in [2.24, 2.45) is 40.4 Å². The molecule has 206 valence electrons. The number of hydrogen-bond donors (Lipinski definition) is 2. The topological polar surface area (TPSA) is 66.4 Å². The summed E-state index contributed by atoms with van der Waals surface area (Å²) in [5.41, 5.74) is 0.450. The Morgan fingerprint density at radius 3 is 2.50 bits per heavy atom. The Bertz CT molecular complexity index is 752.